The first kappa shape index (κ1) is 19.3. The van der Waals surface area contributed by atoms with Crippen LogP contribution in [0, 0.1) is 0 Å². The molecule has 1 unspecified atom stereocenters. The van der Waals surface area contributed by atoms with Crippen LogP contribution in [0.5, 0.6) is 0 Å². The smallest absolute Gasteiger partial charge is 0.0718 e. The molecule has 3 rings (SSSR count). The van der Waals surface area contributed by atoms with Crippen molar-refractivity contribution >= 4 is 11.6 Å². The van der Waals surface area contributed by atoms with Crippen molar-refractivity contribution < 1.29 is 5.11 Å². The molecular formula is C21H28ClN3O. The lowest BCUT2D eigenvalue weighted by molar-refractivity contribution is 0.0266. The van der Waals surface area contributed by atoms with Crippen molar-refractivity contribution in [3.63, 3.8) is 0 Å². The average molecular weight is 374 g/mol. The zero-order valence-corrected chi connectivity index (χ0v) is 16.3. The molecule has 2 aromatic rings. The average Bonchev–Trinajstić information content (AvgIpc) is 2.61. The number of hydrogen-bond acceptors (Lipinski definition) is 4. The largest absolute Gasteiger partial charge is 0.389 e. The van der Waals surface area contributed by atoms with Crippen molar-refractivity contribution in [2.45, 2.75) is 44.4 Å². The van der Waals surface area contributed by atoms with Gasteiger partial charge in [0.05, 0.1) is 11.6 Å². The fraction of sp³-hybridized carbons (Fsp3) is 0.476. The molecule has 1 aromatic carbocycles. The minimum atomic E-state index is -0.637. The van der Waals surface area contributed by atoms with Crippen molar-refractivity contribution in [1.29, 1.82) is 0 Å². The van der Waals surface area contributed by atoms with Gasteiger partial charge in [-0.15, -0.1) is 0 Å². The zero-order chi connectivity index (χ0) is 18.6. The lowest BCUT2D eigenvalue weighted by Gasteiger charge is -2.37. The van der Waals surface area contributed by atoms with E-state index in [9.17, 15) is 5.11 Å². The molecule has 5 heteroatoms. The predicted molar refractivity (Wildman–Crippen MR) is 106 cm³/mol. The van der Waals surface area contributed by atoms with Crippen molar-refractivity contribution in [2.75, 3.05) is 19.6 Å². The van der Waals surface area contributed by atoms with Gasteiger partial charge in [0.2, 0.25) is 0 Å². The Kier molecular flexibility index (Phi) is 6.30. The Balaban J connectivity index is 1.68. The van der Waals surface area contributed by atoms with Crippen LogP contribution in [-0.2, 0) is 0 Å². The summed E-state index contributed by atoms with van der Waals surface area (Å²) in [5.41, 5.74) is 1.72. The molecule has 1 fully saturated rings. The molecule has 1 aliphatic rings. The monoisotopic (exact) mass is 373 g/mol. The molecule has 4 nitrogen and oxygen atoms in total. The van der Waals surface area contributed by atoms with Crippen LogP contribution in [0.1, 0.15) is 43.9 Å². The van der Waals surface area contributed by atoms with Crippen molar-refractivity contribution in [3.8, 4) is 0 Å². The van der Waals surface area contributed by atoms with E-state index in [1.54, 1.807) is 6.20 Å². The third-order valence-corrected chi connectivity index (χ3v) is 5.07. The molecule has 2 N–H and O–H groups in total. The number of benzene rings is 1. The molecule has 26 heavy (non-hydrogen) atoms. The van der Waals surface area contributed by atoms with E-state index in [2.05, 4.69) is 33.4 Å². The topological polar surface area (TPSA) is 48.4 Å². The van der Waals surface area contributed by atoms with Crippen molar-refractivity contribution in [2.24, 2.45) is 0 Å². The molecule has 1 aliphatic heterocycles. The third kappa shape index (κ3) is 5.52. The molecule has 1 atom stereocenters. The quantitative estimate of drug-likeness (QED) is 0.811. The van der Waals surface area contributed by atoms with Crippen molar-refractivity contribution in [3.05, 3.63) is 64.9 Å². The summed E-state index contributed by atoms with van der Waals surface area (Å²) in [6, 6.07) is 12.7. The van der Waals surface area contributed by atoms with E-state index in [1.807, 2.05) is 38.2 Å². The number of hydrogen-bond donors (Lipinski definition) is 2. The van der Waals surface area contributed by atoms with Gasteiger partial charge in [-0.25, -0.2) is 0 Å². The van der Waals surface area contributed by atoms with E-state index in [4.69, 9.17) is 11.6 Å². The van der Waals surface area contributed by atoms with Gasteiger partial charge in [0.1, 0.15) is 0 Å². The van der Waals surface area contributed by atoms with Crippen LogP contribution in [0.4, 0.5) is 0 Å². The van der Waals surface area contributed by atoms with Crippen LogP contribution in [0.2, 0.25) is 5.02 Å². The van der Waals surface area contributed by atoms with Crippen LogP contribution >= 0.6 is 11.6 Å². The first-order valence-electron chi connectivity index (χ1n) is 9.27. The van der Waals surface area contributed by atoms with Gasteiger partial charge in [-0.05, 0) is 69.1 Å². The number of likely N-dealkylation sites (tertiary alicyclic amines) is 1. The lowest BCUT2D eigenvalue weighted by Crippen LogP contribution is -2.47. The first-order valence-corrected chi connectivity index (χ1v) is 9.65. The summed E-state index contributed by atoms with van der Waals surface area (Å²) >= 11 is 6.06. The highest BCUT2D eigenvalue weighted by molar-refractivity contribution is 6.30. The van der Waals surface area contributed by atoms with E-state index < -0.39 is 5.60 Å². The lowest BCUT2D eigenvalue weighted by atomic mass is 9.96. The summed E-state index contributed by atoms with van der Waals surface area (Å²) in [5.74, 6) is 0. The van der Waals surface area contributed by atoms with Gasteiger partial charge in [-0.1, -0.05) is 29.8 Å². The van der Waals surface area contributed by atoms with Gasteiger partial charge >= 0.3 is 0 Å². The van der Waals surface area contributed by atoms with Gasteiger partial charge in [0.15, 0.2) is 0 Å². The van der Waals surface area contributed by atoms with Gasteiger partial charge in [0.25, 0.3) is 0 Å². The Bertz CT molecular complexity index is 677. The van der Waals surface area contributed by atoms with E-state index in [-0.39, 0.29) is 6.04 Å². The molecule has 1 saturated heterocycles. The maximum absolute atomic E-state index is 10.0. The van der Waals surface area contributed by atoms with Crippen LogP contribution in [0.25, 0.3) is 0 Å². The highest BCUT2D eigenvalue weighted by Gasteiger charge is 2.26. The number of nitrogens with one attached hydrogen (secondary N) is 1. The molecule has 2 heterocycles. The van der Waals surface area contributed by atoms with Gasteiger partial charge < -0.3 is 15.3 Å². The van der Waals surface area contributed by atoms with E-state index in [0.29, 0.717) is 6.04 Å². The number of β-amino-alcohol motifs (C(OH)–C–C–N with tert-alkyl or cyclic N) is 1. The number of halogens is 1. The zero-order valence-electron chi connectivity index (χ0n) is 15.5. The molecule has 0 bridgehead atoms. The highest BCUT2D eigenvalue weighted by Crippen LogP contribution is 2.25. The first-order chi connectivity index (χ1) is 12.4. The number of nitrogens with zero attached hydrogens (tertiary/aromatic N) is 2. The molecule has 140 valence electrons. The summed E-state index contributed by atoms with van der Waals surface area (Å²) in [5, 5.41) is 14.6. The third-order valence-electron chi connectivity index (χ3n) is 4.82. The maximum atomic E-state index is 10.0. The highest BCUT2D eigenvalue weighted by atomic mass is 35.5. The second-order valence-electron chi connectivity index (χ2n) is 7.80. The van der Waals surface area contributed by atoms with Crippen molar-refractivity contribution in [1.82, 2.24) is 15.2 Å². The van der Waals surface area contributed by atoms with E-state index in [0.717, 1.165) is 43.1 Å². The molecule has 1 aromatic heterocycles. The summed E-state index contributed by atoms with van der Waals surface area (Å²) in [7, 11) is 0. The Labute approximate surface area is 161 Å². The predicted octanol–water partition coefficient (Wildman–Crippen LogP) is 3.65. The Hall–Kier alpha value is -1.46. The fourth-order valence-electron chi connectivity index (χ4n) is 3.63. The Morgan fingerprint density at radius 3 is 2.46 bits per heavy atom. The van der Waals surface area contributed by atoms with Crippen LogP contribution in [0.15, 0.2) is 48.8 Å². The Morgan fingerprint density at radius 2 is 1.88 bits per heavy atom. The van der Waals surface area contributed by atoms with E-state index in [1.165, 1.54) is 5.56 Å². The normalized spacial score (nSPS) is 18.0. The number of aromatic nitrogens is 1. The molecule has 0 radical (unpaired) electrons. The standard InChI is InChI=1S/C21H28ClN3O/c1-21(2,26)15-25-12-9-19(10-13-25)24-20(17-4-3-11-23-14-17)16-5-7-18(22)8-6-16/h3-8,11,14,19-20,24,26H,9-10,12-13,15H2,1-2H3. The number of pyridine rings is 1. The summed E-state index contributed by atoms with van der Waals surface area (Å²) in [4.78, 5) is 6.64. The second-order valence-corrected chi connectivity index (χ2v) is 8.24. The van der Waals surface area contributed by atoms with Gasteiger partial charge in [-0.2, -0.15) is 0 Å². The van der Waals surface area contributed by atoms with Crippen LogP contribution in [-0.4, -0.2) is 46.3 Å². The summed E-state index contributed by atoms with van der Waals surface area (Å²) in [6.45, 7) is 6.47. The maximum Gasteiger partial charge on any atom is 0.0718 e. The second kappa shape index (κ2) is 8.49. The molecule has 0 amide bonds. The van der Waals surface area contributed by atoms with Gasteiger partial charge in [0, 0.05) is 30.0 Å². The fourth-order valence-corrected chi connectivity index (χ4v) is 3.75. The van der Waals surface area contributed by atoms with Gasteiger partial charge in [-0.3, -0.25) is 4.98 Å². The molecule has 0 aliphatic carbocycles. The van der Waals surface area contributed by atoms with Crippen LogP contribution in [0.3, 0.4) is 0 Å². The van der Waals surface area contributed by atoms with E-state index >= 15 is 0 Å². The SMILES string of the molecule is CC(C)(O)CN1CCC(NC(c2ccc(Cl)cc2)c2cccnc2)CC1. The molecule has 0 saturated carbocycles. The summed E-state index contributed by atoms with van der Waals surface area (Å²) < 4.78 is 0. The minimum absolute atomic E-state index is 0.104. The number of rotatable bonds is 6. The number of piperidine rings is 1. The number of aliphatic hydroxyl groups is 1. The van der Waals surface area contributed by atoms with Crippen LogP contribution < -0.4 is 5.32 Å². The molecule has 0 spiro atoms. The summed E-state index contributed by atoms with van der Waals surface area (Å²) in [6.07, 6.45) is 5.87. The minimum Gasteiger partial charge on any atom is -0.389 e. The Morgan fingerprint density at radius 1 is 1.19 bits per heavy atom. The molecular weight excluding hydrogens is 346 g/mol.